The highest BCUT2D eigenvalue weighted by Crippen LogP contribution is 2.24. The molecule has 0 radical (unpaired) electrons. The fourth-order valence-electron chi connectivity index (χ4n) is 1.67. The molecule has 0 saturated carbocycles. The van der Waals surface area contributed by atoms with Gasteiger partial charge in [-0.2, -0.15) is 0 Å². The average molecular weight is 200 g/mol. The normalized spacial score (nSPS) is 11.2. The monoisotopic (exact) mass is 200 g/mol. The van der Waals surface area contributed by atoms with Crippen LogP contribution in [0.4, 0.5) is 5.69 Å². The van der Waals surface area contributed by atoms with E-state index in [2.05, 4.69) is 31.0 Å². The van der Waals surface area contributed by atoms with Gasteiger partial charge >= 0.3 is 0 Å². The number of anilines is 1. The largest absolute Gasteiger partial charge is 0.398 e. The molecule has 0 unspecified atom stereocenters. The van der Waals surface area contributed by atoms with Crippen molar-refractivity contribution in [3.05, 3.63) is 35.5 Å². The second-order valence-electron chi connectivity index (χ2n) is 4.25. The minimum atomic E-state index is 0.455. The Morgan fingerprint density at radius 2 is 1.87 bits per heavy atom. The molecule has 2 N–H and O–H groups in total. The Labute approximate surface area is 90.1 Å². The van der Waals surface area contributed by atoms with E-state index in [1.54, 1.807) is 0 Å². The molecule has 1 heterocycles. The number of nitrogens with two attached hydrogens (primary N) is 1. The van der Waals surface area contributed by atoms with Gasteiger partial charge in [0.25, 0.3) is 0 Å². The van der Waals surface area contributed by atoms with E-state index in [0.717, 1.165) is 27.8 Å². The summed E-state index contributed by atoms with van der Waals surface area (Å²) in [6, 6.07) is 8.18. The highest BCUT2D eigenvalue weighted by Gasteiger charge is 2.05. The molecule has 1 aromatic heterocycles. The second kappa shape index (κ2) is 3.54. The average Bonchev–Trinajstić information content (AvgIpc) is 2.23. The molecule has 2 heteroatoms. The minimum absolute atomic E-state index is 0.455. The maximum atomic E-state index is 6.00. The standard InChI is InChI=1S/C13H16N2/c1-8(2)11-7-5-10-12(15-11)6-4-9(3)13(10)14/h4-8H,14H2,1-3H3. The zero-order chi connectivity index (χ0) is 11.0. The molecule has 2 rings (SSSR count). The predicted molar refractivity (Wildman–Crippen MR) is 65.0 cm³/mol. The smallest absolute Gasteiger partial charge is 0.0726 e. The van der Waals surface area contributed by atoms with Crippen LogP contribution in [-0.2, 0) is 0 Å². The molecule has 0 aliphatic heterocycles. The van der Waals surface area contributed by atoms with E-state index in [0.29, 0.717) is 5.92 Å². The molecule has 0 atom stereocenters. The van der Waals surface area contributed by atoms with Gasteiger partial charge < -0.3 is 5.73 Å². The van der Waals surface area contributed by atoms with Crippen molar-refractivity contribution >= 4 is 16.6 Å². The van der Waals surface area contributed by atoms with Gasteiger partial charge in [-0.1, -0.05) is 19.9 Å². The topological polar surface area (TPSA) is 38.9 Å². The van der Waals surface area contributed by atoms with Gasteiger partial charge in [0.15, 0.2) is 0 Å². The molecule has 0 fully saturated rings. The van der Waals surface area contributed by atoms with Gasteiger partial charge in [0.1, 0.15) is 0 Å². The molecule has 1 aromatic carbocycles. The summed E-state index contributed by atoms with van der Waals surface area (Å²) in [4.78, 5) is 4.60. The zero-order valence-electron chi connectivity index (χ0n) is 9.41. The Morgan fingerprint density at radius 3 is 2.53 bits per heavy atom. The van der Waals surface area contributed by atoms with E-state index in [1.165, 1.54) is 0 Å². The number of nitrogen functional groups attached to an aromatic ring is 1. The van der Waals surface area contributed by atoms with Crippen molar-refractivity contribution < 1.29 is 0 Å². The summed E-state index contributed by atoms with van der Waals surface area (Å²) in [6.07, 6.45) is 0. The number of benzene rings is 1. The van der Waals surface area contributed by atoms with Crippen LogP contribution in [0.2, 0.25) is 0 Å². The molecule has 78 valence electrons. The van der Waals surface area contributed by atoms with Gasteiger partial charge in [0.05, 0.1) is 5.52 Å². The quantitative estimate of drug-likeness (QED) is 0.718. The molecule has 2 aromatic rings. The predicted octanol–water partition coefficient (Wildman–Crippen LogP) is 3.25. The Balaban J connectivity index is 2.70. The van der Waals surface area contributed by atoms with Crippen molar-refractivity contribution in [2.45, 2.75) is 26.7 Å². The lowest BCUT2D eigenvalue weighted by atomic mass is 10.1. The van der Waals surface area contributed by atoms with Gasteiger partial charge in [-0.3, -0.25) is 4.98 Å². The third-order valence-corrected chi connectivity index (χ3v) is 2.74. The number of pyridine rings is 1. The van der Waals surface area contributed by atoms with Gasteiger partial charge in [-0.05, 0) is 36.6 Å². The Bertz CT molecular complexity index is 501. The van der Waals surface area contributed by atoms with E-state index < -0.39 is 0 Å². The summed E-state index contributed by atoms with van der Waals surface area (Å²) >= 11 is 0. The first kappa shape index (κ1) is 9.97. The molecule has 0 aliphatic carbocycles. The summed E-state index contributed by atoms with van der Waals surface area (Å²) in [5.74, 6) is 0.455. The zero-order valence-corrected chi connectivity index (χ0v) is 9.41. The van der Waals surface area contributed by atoms with Crippen LogP contribution in [0.25, 0.3) is 10.9 Å². The lowest BCUT2D eigenvalue weighted by molar-refractivity contribution is 0.830. The third-order valence-electron chi connectivity index (χ3n) is 2.74. The van der Waals surface area contributed by atoms with Gasteiger partial charge in [-0.25, -0.2) is 0 Å². The molecule has 2 nitrogen and oxygen atoms in total. The van der Waals surface area contributed by atoms with E-state index in [-0.39, 0.29) is 0 Å². The number of aryl methyl sites for hydroxylation is 1. The molecule has 15 heavy (non-hydrogen) atoms. The summed E-state index contributed by atoms with van der Waals surface area (Å²) in [5.41, 5.74) is 10.1. The molecule has 0 spiro atoms. The lowest BCUT2D eigenvalue weighted by Gasteiger charge is -2.08. The van der Waals surface area contributed by atoms with E-state index >= 15 is 0 Å². The van der Waals surface area contributed by atoms with Crippen molar-refractivity contribution in [3.63, 3.8) is 0 Å². The number of nitrogens with zero attached hydrogens (tertiary/aromatic N) is 1. The summed E-state index contributed by atoms with van der Waals surface area (Å²) < 4.78 is 0. The third kappa shape index (κ3) is 1.67. The highest BCUT2D eigenvalue weighted by atomic mass is 14.7. The van der Waals surface area contributed by atoms with Crippen molar-refractivity contribution in [2.75, 3.05) is 5.73 Å². The summed E-state index contributed by atoms with van der Waals surface area (Å²) in [5, 5.41) is 1.06. The molecule has 0 aliphatic rings. The highest BCUT2D eigenvalue weighted by molar-refractivity contribution is 5.91. The van der Waals surface area contributed by atoms with Gasteiger partial charge in [0, 0.05) is 16.8 Å². The summed E-state index contributed by atoms with van der Waals surface area (Å²) in [7, 11) is 0. The molecular weight excluding hydrogens is 184 g/mol. The van der Waals surface area contributed by atoms with E-state index in [9.17, 15) is 0 Å². The van der Waals surface area contributed by atoms with Crippen LogP contribution in [-0.4, -0.2) is 4.98 Å². The van der Waals surface area contributed by atoms with Crippen LogP contribution < -0.4 is 5.73 Å². The first-order chi connectivity index (χ1) is 7.09. The van der Waals surface area contributed by atoms with Crippen LogP contribution in [0.15, 0.2) is 24.3 Å². The summed E-state index contributed by atoms with van der Waals surface area (Å²) in [6.45, 7) is 6.31. The first-order valence-electron chi connectivity index (χ1n) is 5.25. The lowest BCUT2D eigenvalue weighted by Crippen LogP contribution is -1.96. The number of hydrogen-bond acceptors (Lipinski definition) is 2. The Hall–Kier alpha value is -1.57. The van der Waals surface area contributed by atoms with Crippen molar-refractivity contribution in [1.29, 1.82) is 0 Å². The number of fused-ring (bicyclic) bond motifs is 1. The number of hydrogen-bond donors (Lipinski definition) is 1. The number of aromatic nitrogens is 1. The first-order valence-corrected chi connectivity index (χ1v) is 5.25. The molecule has 0 saturated heterocycles. The van der Waals surface area contributed by atoms with Crippen molar-refractivity contribution in [3.8, 4) is 0 Å². The van der Waals surface area contributed by atoms with Crippen molar-refractivity contribution in [1.82, 2.24) is 4.98 Å². The maximum absolute atomic E-state index is 6.00. The van der Waals surface area contributed by atoms with Crippen LogP contribution in [0.3, 0.4) is 0 Å². The van der Waals surface area contributed by atoms with Crippen LogP contribution in [0, 0.1) is 6.92 Å². The Kier molecular flexibility index (Phi) is 2.35. The molecule has 0 bridgehead atoms. The van der Waals surface area contributed by atoms with Gasteiger partial charge in [0.2, 0.25) is 0 Å². The fourth-order valence-corrected chi connectivity index (χ4v) is 1.67. The van der Waals surface area contributed by atoms with Gasteiger partial charge in [-0.15, -0.1) is 0 Å². The van der Waals surface area contributed by atoms with E-state index in [4.69, 9.17) is 5.73 Å². The maximum Gasteiger partial charge on any atom is 0.0726 e. The number of rotatable bonds is 1. The molecular formula is C13H16N2. The molecule has 0 amide bonds. The van der Waals surface area contributed by atoms with Crippen molar-refractivity contribution in [2.24, 2.45) is 0 Å². The van der Waals surface area contributed by atoms with E-state index in [1.807, 2.05) is 19.1 Å². The fraction of sp³-hybridized carbons (Fsp3) is 0.308. The second-order valence-corrected chi connectivity index (χ2v) is 4.25. The minimum Gasteiger partial charge on any atom is -0.398 e. The Morgan fingerprint density at radius 1 is 1.13 bits per heavy atom. The van der Waals surface area contributed by atoms with Crippen LogP contribution >= 0.6 is 0 Å². The van der Waals surface area contributed by atoms with Crippen LogP contribution in [0.5, 0.6) is 0 Å². The van der Waals surface area contributed by atoms with Crippen LogP contribution in [0.1, 0.15) is 31.0 Å². The SMILES string of the molecule is Cc1ccc2nc(C(C)C)ccc2c1N.